The van der Waals surface area contributed by atoms with E-state index in [-0.39, 0.29) is 17.4 Å². The van der Waals surface area contributed by atoms with E-state index in [1.807, 2.05) is 0 Å². The van der Waals surface area contributed by atoms with Gasteiger partial charge in [-0.05, 0) is 16.1 Å². The van der Waals surface area contributed by atoms with E-state index in [0.717, 1.165) is 0 Å². The van der Waals surface area contributed by atoms with Crippen LogP contribution in [0.1, 0.15) is 0 Å². The Morgan fingerprint density at radius 1 is 0.917 bits per heavy atom. The van der Waals surface area contributed by atoms with Crippen LogP contribution in [0.4, 0.5) is 0 Å². The Labute approximate surface area is 90.6 Å². The van der Waals surface area contributed by atoms with Crippen LogP contribution in [0, 0.1) is 5.16 Å². The second-order valence-electron chi connectivity index (χ2n) is 5.12. The van der Waals surface area contributed by atoms with Crippen LogP contribution in [0.5, 0.6) is 0 Å². The molecule has 0 nitrogen and oxygen atoms in total. The Bertz CT molecular complexity index is 128. The summed E-state index contributed by atoms with van der Waals surface area (Å²) in [5.74, 6) is 0. The Morgan fingerprint density at radius 2 is 1.17 bits per heavy atom. The van der Waals surface area contributed by atoms with Gasteiger partial charge in [0.15, 0.2) is 0 Å². The van der Waals surface area contributed by atoms with Crippen LogP contribution in [0.15, 0.2) is 12.7 Å². The van der Waals surface area contributed by atoms with Gasteiger partial charge in [0.05, 0.1) is 0 Å². The number of hydrogen-bond acceptors (Lipinski definition) is 0. The summed E-state index contributed by atoms with van der Waals surface area (Å²) >= 11 is 0. The second-order valence-corrected chi connectivity index (χ2v) is 15.7. The van der Waals surface area contributed by atoms with Crippen molar-refractivity contribution in [1.29, 1.82) is 0 Å². The van der Waals surface area contributed by atoms with E-state index in [0.29, 0.717) is 0 Å². The van der Waals surface area contributed by atoms with Crippen molar-refractivity contribution in [2.75, 3.05) is 0 Å². The molecule has 0 bridgehead atoms. The van der Waals surface area contributed by atoms with Crippen LogP contribution >= 0.6 is 0 Å². The smallest absolute Gasteiger partial charge is 0 e. The van der Waals surface area contributed by atoms with Gasteiger partial charge in [0, 0.05) is 17.4 Å². The molecule has 0 amide bonds. The molecule has 0 atom stereocenters. The minimum atomic E-state index is -1.06. The van der Waals surface area contributed by atoms with Crippen LogP contribution in [0.25, 0.3) is 0 Å². The summed E-state index contributed by atoms with van der Waals surface area (Å²) < 4.78 is 0. The first-order valence-electron chi connectivity index (χ1n) is 4.20. The summed E-state index contributed by atoms with van der Waals surface area (Å²) in [6.07, 6.45) is 2.12. The first-order chi connectivity index (χ1) is 4.69. The summed E-state index contributed by atoms with van der Waals surface area (Å²) in [4.78, 5) is 0. The molecule has 0 aromatic rings. The Morgan fingerprint density at radius 3 is 1.17 bits per heavy atom. The SMILES string of the molecule is C=C[C-]([Si](C)(C)C)[Si](C)(C)C.[Cr]. The molecule has 0 spiro atoms. The monoisotopic (exact) mass is 237 g/mol. The van der Waals surface area contributed by atoms with Crippen molar-refractivity contribution in [3.63, 3.8) is 0 Å². The van der Waals surface area contributed by atoms with Gasteiger partial charge in [-0.2, -0.15) is 0 Å². The average molecular weight is 237 g/mol. The molecule has 72 valence electrons. The third-order valence-electron chi connectivity index (χ3n) is 1.82. The third kappa shape index (κ3) is 4.56. The Hall–Kier alpha value is 0.576. The summed E-state index contributed by atoms with van der Waals surface area (Å²) in [6, 6.07) is 0. The molecule has 0 N–H and O–H groups in total. The van der Waals surface area contributed by atoms with Crippen LogP contribution < -0.4 is 0 Å². The van der Waals surface area contributed by atoms with Crippen molar-refractivity contribution in [2.24, 2.45) is 0 Å². The van der Waals surface area contributed by atoms with Gasteiger partial charge >= 0.3 is 0 Å². The molecule has 0 heterocycles. The number of hydrogen-bond donors (Lipinski definition) is 0. The van der Waals surface area contributed by atoms with Gasteiger partial charge in [0.1, 0.15) is 0 Å². The van der Waals surface area contributed by atoms with Crippen LogP contribution in [0.3, 0.4) is 0 Å². The summed E-state index contributed by atoms with van der Waals surface area (Å²) in [7, 11) is -2.12. The zero-order chi connectivity index (χ0) is 9.28. The van der Waals surface area contributed by atoms with E-state index in [9.17, 15) is 0 Å². The van der Waals surface area contributed by atoms with Crippen LogP contribution in [-0.4, -0.2) is 16.1 Å². The van der Waals surface area contributed by atoms with Gasteiger partial charge in [-0.15, -0.1) is 0 Å². The molecule has 0 aromatic heterocycles. The van der Waals surface area contributed by atoms with Crippen LogP contribution in [-0.2, 0) is 17.4 Å². The van der Waals surface area contributed by atoms with E-state index in [1.54, 1.807) is 5.16 Å². The van der Waals surface area contributed by atoms with Crippen molar-refractivity contribution in [3.8, 4) is 0 Å². The first-order valence-corrected chi connectivity index (χ1v) is 11.2. The molecule has 0 aliphatic heterocycles. The number of rotatable bonds is 3. The van der Waals surface area contributed by atoms with Crippen molar-refractivity contribution in [1.82, 2.24) is 0 Å². The summed E-state index contributed by atoms with van der Waals surface area (Å²) in [5.41, 5.74) is 0. The molecule has 0 saturated carbocycles. The van der Waals surface area contributed by atoms with Crippen molar-refractivity contribution >= 4 is 16.1 Å². The second kappa shape index (κ2) is 4.71. The van der Waals surface area contributed by atoms with E-state index >= 15 is 0 Å². The van der Waals surface area contributed by atoms with E-state index in [2.05, 4.69) is 51.9 Å². The molecule has 3 heteroatoms. The predicted octanol–water partition coefficient (Wildman–Crippen LogP) is 3.50. The average Bonchev–Trinajstić information content (AvgIpc) is 1.56. The Kier molecular flexibility index (Phi) is 5.92. The fourth-order valence-corrected chi connectivity index (χ4v) is 12.0. The van der Waals surface area contributed by atoms with Gasteiger partial charge in [-0.1, -0.05) is 39.3 Å². The maximum atomic E-state index is 3.93. The Balaban J connectivity index is 0. The van der Waals surface area contributed by atoms with Crippen LogP contribution in [0.2, 0.25) is 39.3 Å². The van der Waals surface area contributed by atoms with E-state index < -0.39 is 16.1 Å². The molecule has 0 saturated heterocycles. The van der Waals surface area contributed by atoms with Crippen molar-refractivity contribution in [3.05, 3.63) is 17.8 Å². The molecule has 0 rings (SSSR count). The minimum Gasteiger partial charge on any atom is -0.245 e. The molecule has 12 heavy (non-hydrogen) atoms. The first kappa shape index (κ1) is 15.1. The summed E-state index contributed by atoms with van der Waals surface area (Å²) in [6.45, 7) is 18.4. The third-order valence-corrected chi connectivity index (χ3v) is 9.96. The van der Waals surface area contributed by atoms with Crippen molar-refractivity contribution < 1.29 is 17.4 Å². The molecule has 0 unspecified atom stereocenters. The summed E-state index contributed by atoms with van der Waals surface area (Å²) in [5, 5.41) is 1.70. The maximum Gasteiger partial charge on any atom is 0 e. The van der Waals surface area contributed by atoms with Crippen molar-refractivity contribution in [2.45, 2.75) is 39.3 Å². The fraction of sp³-hybridized carbons (Fsp3) is 0.667. The van der Waals surface area contributed by atoms with Gasteiger partial charge < -0.3 is 0 Å². The van der Waals surface area contributed by atoms with Gasteiger partial charge in [0.2, 0.25) is 0 Å². The zero-order valence-electron chi connectivity index (χ0n) is 9.19. The molecule has 0 aliphatic rings. The number of allylic oxidation sites excluding steroid dienone is 1. The standard InChI is InChI=1S/C9H21Si2.Cr/c1-8-9(10(2,3)4)11(5,6)7;/h8H,1H2,2-7H3;/q-1;. The molecule has 0 aromatic carbocycles. The largest absolute Gasteiger partial charge is 0.245 e. The molecule has 0 radical (unpaired) electrons. The van der Waals surface area contributed by atoms with Gasteiger partial charge in [-0.3, -0.25) is 0 Å². The van der Waals surface area contributed by atoms with E-state index in [1.165, 1.54) is 0 Å². The maximum absolute atomic E-state index is 3.93. The van der Waals surface area contributed by atoms with Gasteiger partial charge in [-0.25, -0.2) is 17.8 Å². The quantitative estimate of drug-likeness (QED) is 0.520. The molecular weight excluding hydrogens is 216 g/mol. The van der Waals surface area contributed by atoms with Gasteiger partial charge in [0.25, 0.3) is 0 Å². The molecule has 0 aliphatic carbocycles. The van der Waals surface area contributed by atoms with E-state index in [4.69, 9.17) is 0 Å². The topological polar surface area (TPSA) is 0 Å². The zero-order valence-corrected chi connectivity index (χ0v) is 12.5. The minimum absolute atomic E-state index is 0. The predicted molar refractivity (Wildman–Crippen MR) is 60.1 cm³/mol. The molecule has 0 fully saturated rings. The molecular formula is C9H21CrSi2-. The normalized spacial score (nSPS) is 11.8. The fourth-order valence-electron chi connectivity index (χ4n) is 1.74.